The summed E-state index contributed by atoms with van der Waals surface area (Å²) < 4.78 is 0. The first-order valence-corrected chi connectivity index (χ1v) is 10.6. The summed E-state index contributed by atoms with van der Waals surface area (Å²) in [4.78, 5) is 41.7. The Labute approximate surface area is 180 Å². The molecular formula is C24H26N4O3. The molecule has 0 saturated carbocycles. The van der Waals surface area contributed by atoms with Crippen LogP contribution in [0.3, 0.4) is 0 Å². The molecule has 1 aromatic heterocycles. The Balaban J connectivity index is 1.49. The van der Waals surface area contributed by atoms with E-state index in [9.17, 15) is 14.4 Å². The van der Waals surface area contributed by atoms with Crippen LogP contribution in [0.25, 0.3) is 10.8 Å². The highest BCUT2D eigenvalue weighted by Crippen LogP contribution is 2.23. The zero-order valence-corrected chi connectivity index (χ0v) is 17.5. The second-order valence-corrected chi connectivity index (χ2v) is 7.97. The van der Waals surface area contributed by atoms with Crippen LogP contribution in [0.1, 0.15) is 35.2 Å². The van der Waals surface area contributed by atoms with Crippen molar-refractivity contribution in [3.05, 3.63) is 70.1 Å². The van der Waals surface area contributed by atoms with Gasteiger partial charge in [-0.05, 0) is 62.0 Å². The Hall–Kier alpha value is -3.45. The lowest BCUT2D eigenvalue weighted by Crippen LogP contribution is -2.36. The quantitative estimate of drug-likeness (QED) is 0.591. The highest BCUT2D eigenvalue weighted by Gasteiger charge is 2.15. The van der Waals surface area contributed by atoms with Crippen molar-refractivity contribution in [1.29, 1.82) is 0 Å². The number of hydrogen-bond acceptors (Lipinski definition) is 4. The van der Waals surface area contributed by atoms with Crippen molar-refractivity contribution in [2.45, 2.75) is 26.2 Å². The van der Waals surface area contributed by atoms with E-state index in [0.717, 1.165) is 31.5 Å². The van der Waals surface area contributed by atoms with Crippen molar-refractivity contribution in [2.24, 2.45) is 0 Å². The number of aromatic amines is 1. The van der Waals surface area contributed by atoms with Crippen LogP contribution in [0.2, 0.25) is 0 Å². The molecule has 2 aromatic carbocycles. The fourth-order valence-electron chi connectivity index (χ4n) is 3.94. The molecule has 7 nitrogen and oxygen atoms in total. The molecular weight excluding hydrogens is 392 g/mol. The van der Waals surface area contributed by atoms with Gasteiger partial charge < -0.3 is 15.6 Å². The lowest BCUT2D eigenvalue weighted by atomic mass is 10.1. The van der Waals surface area contributed by atoms with Crippen molar-refractivity contribution in [1.82, 2.24) is 9.88 Å². The monoisotopic (exact) mass is 418 g/mol. The first-order chi connectivity index (χ1) is 15.0. The molecule has 0 bridgehead atoms. The average Bonchev–Trinajstić information content (AvgIpc) is 2.76. The summed E-state index contributed by atoms with van der Waals surface area (Å²) in [5.41, 5.74) is 2.44. The van der Waals surface area contributed by atoms with Crippen molar-refractivity contribution in [3.63, 3.8) is 0 Å². The van der Waals surface area contributed by atoms with E-state index in [1.54, 1.807) is 36.5 Å². The summed E-state index contributed by atoms with van der Waals surface area (Å²) >= 11 is 0. The van der Waals surface area contributed by atoms with Crippen LogP contribution in [-0.4, -0.2) is 41.3 Å². The Morgan fingerprint density at radius 2 is 1.84 bits per heavy atom. The smallest absolute Gasteiger partial charge is 0.256 e. The predicted molar refractivity (Wildman–Crippen MR) is 123 cm³/mol. The van der Waals surface area contributed by atoms with Gasteiger partial charge in [0, 0.05) is 34.6 Å². The van der Waals surface area contributed by atoms with Crippen molar-refractivity contribution in [3.8, 4) is 0 Å². The van der Waals surface area contributed by atoms with Crippen LogP contribution in [0.15, 0.2) is 53.5 Å². The molecule has 2 amide bonds. The summed E-state index contributed by atoms with van der Waals surface area (Å²) in [7, 11) is 0. The maximum absolute atomic E-state index is 12.9. The molecule has 1 aliphatic heterocycles. The van der Waals surface area contributed by atoms with Gasteiger partial charge in [0.2, 0.25) is 11.5 Å². The zero-order valence-electron chi connectivity index (χ0n) is 17.5. The number of likely N-dealkylation sites (tertiary alicyclic amines) is 1. The lowest BCUT2D eigenvalue weighted by Gasteiger charge is -2.25. The van der Waals surface area contributed by atoms with Gasteiger partial charge in [0.05, 0.1) is 6.54 Å². The highest BCUT2D eigenvalue weighted by atomic mass is 16.2. The number of amides is 2. The van der Waals surface area contributed by atoms with Crippen LogP contribution >= 0.6 is 0 Å². The third kappa shape index (κ3) is 5.00. The van der Waals surface area contributed by atoms with Crippen molar-refractivity contribution < 1.29 is 9.59 Å². The second-order valence-electron chi connectivity index (χ2n) is 7.97. The topological polar surface area (TPSA) is 94.3 Å². The summed E-state index contributed by atoms with van der Waals surface area (Å²) in [6.45, 7) is 4.21. The SMILES string of the molecule is Cc1ccc(NC(=O)c2cccc3cc(=O)[nH]cc23)cc1NC(=O)CN1CCCCC1. The van der Waals surface area contributed by atoms with E-state index in [-0.39, 0.29) is 17.4 Å². The highest BCUT2D eigenvalue weighted by molar-refractivity contribution is 6.13. The Bertz CT molecular complexity index is 1180. The molecule has 2 heterocycles. The fraction of sp³-hybridized carbons (Fsp3) is 0.292. The third-order valence-corrected chi connectivity index (χ3v) is 5.62. The zero-order chi connectivity index (χ0) is 21.8. The van der Waals surface area contributed by atoms with E-state index in [1.165, 1.54) is 12.5 Å². The minimum Gasteiger partial charge on any atom is -0.328 e. The van der Waals surface area contributed by atoms with E-state index in [0.29, 0.717) is 34.3 Å². The number of aromatic nitrogens is 1. The average molecular weight is 418 g/mol. The second kappa shape index (κ2) is 9.14. The summed E-state index contributed by atoms with van der Waals surface area (Å²) in [6, 6.07) is 12.2. The molecule has 0 atom stereocenters. The molecule has 3 aromatic rings. The van der Waals surface area contributed by atoms with E-state index >= 15 is 0 Å². The molecule has 7 heteroatoms. The van der Waals surface area contributed by atoms with Crippen LogP contribution in [-0.2, 0) is 4.79 Å². The van der Waals surface area contributed by atoms with Crippen molar-refractivity contribution in [2.75, 3.05) is 30.3 Å². The van der Waals surface area contributed by atoms with Gasteiger partial charge in [-0.1, -0.05) is 24.6 Å². The molecule has 1 saturated heterocycles. The lowest BCUT2D eigenvalue weighted by molar-refractivity contribution is -0.117. The number of aryl methyl sites for hydroxylation is 1. The molecule has 4 rings (SSSR count). The van der Waals surface area contributed by atoms with Gasteiger partial charge in [0.15, 0.2) is 0 Å². The van der Waals surface area contributed by atoms with Gasteiger partial charge in [-0.3, -0.25) is 19.3 Å². The number of carbonyl (C=O) groups is 2. The largest absolute Gasteiger partial charge is 0.328 e. The number of carbonyl (C=O) groups excluding carboxylic acids is 2. The van der Waals surface area contributed by atoms with Crippen LogP contribution in [0.5, 0.6) is 0 Å². The number of fused-ring (bicyclic) bond motifs is 1. The molecule has 3 N–H and O–H groups in total. The van der Waals surface area contributed by atoms with Crippen molar-refractivity contribution >= 4 is 34.0 Å². The molecule has 31 heavy (non-hydrogen) atoms. The number of nitrogens with zero attached hydrogens (tertiary/aromatic N) is 1. The summed E-state index contributed by atoms with van der Waals surface area (Å²) in [6.07, 6.45) is 5.05. The van der Waals surface area contributed by atoms with Gasteiger partial charge in [-0.2, -0.15) is 0 Å². The molecule has 1 aliphatic rings. The summed E-state index contributed by atoms with van der Waals surface area (Å²) in [5, 5.41) is 7.24. The first kappa shape index (κ1) is 20.8. The van der Waals surface area contributed by atoms with Gasteiger partial charge in [-0.25, -0.2) is 0 Å². The maximum atomic E-state index is 12.9. The van der Waals surface area contributed by atoms with E-state index < -0.39 is 0 Å². The van der Waals surface area contributed by atoms with Gasteiger partial charge >= 0.3 is 0 Å². The number of nitrogens with one attached hydrogen (secondary N) is 3. The normalized spacial score (nSPS) is 14.4. The number of benzene rings is 2. The summed E-state index contributed by atoms with van der Waals surface area (Å²) in [5.74, 6) is -0.335. The molecule has 0 spiro atoms. The van der Waals surface area contributed by atoms with Gasteiger partial charge in [0.1, 0.15) is 0 Å². The Morgan fingerprint density at radius 3 is 2.65 bits per heavy atom. The Morgan fingerprint density at radius 1 is 1.03 bits per heavy atom. The number of anilines is 2. The fourth-order valence-corrected chi connectivity index (χ4v) is 3.94. The first-order valence-electron chi connectivity index (χ1n) is 10.6. The standard InChI is InChI=1S/C24H26N4O3/c1-16-8-9-18(13-21(16)27-23(30)15-28-10-3-2-4-11-28)26-24(31)19-7-5-6-17-12-22(29)25-14-20(17)19/h5-9,12-14H,2-4,10-11,15H2,1H3,(H,25,29)(H,26,31)(H,27,30). The Kier molecular flexibility index (Phi) is 6.13. The molecule has 1 fully saturated rings. The number of piperidine rings is 1. The molecule has 160 valence electrons. The van der Waals surface area contributed by atoms with Crippen LogP contribution in [0, 0.1) is 6.92 Å². The number of rotatable bonds is 5. The van der Waals surface area contributed by atoms with Crippen LogP contribution in [0.4, 0.5) is 11.4 Å². The predicted octanol–water partition coefficient (Wildman–Crippen LogP) is 3.51. The van der Waals surface area contributed by atoms with Crippen LogP contribution < -0.4 is 16.2 Å². The maximum Gasteiger partial charge on any atom is 0.256 e. The van der Waals surface area contributed by atoms with E-state index in [1.807, 2.05) is 13.0 Å². The molecule has 0 aliphatic carbocycles. The van der Waals surface area contributed by atoms with Gasteiger partial charge in [0.25, 0.3) is 5.91 Å². The number of H-pyrrole nitrogens is 1. The van der Waals surface area contributed by atoms with E-state index in [2.05, 4.69) is 20.5 Å². The third-order valence-electron chi connectivity index (χ3n) is 5.62. The minimum absolute atomic E-state index is 0.0496. The minimum atomic E-state index is -0.285. The molecule has 0 unspecified atom stereocenters. The number of hydrogen-bond donors (Lipinski definition) is 3. The number of pyridine rings is 1. The molecule has 0 radical (unpaired) electrons. The van der Waals surface area contributed by atoms with Gasteiger partial charge in [-0.15, -0.1) is 0 Å². The van der Waals surface area contributed by atoms with E-state index in [4.69, 9.17) is 0 Å².